The second-order valence-electron chi connectivity index (χ2n) is 5.87. The molecule has 0 amide bonds. The zero-order valence-electron chi connectivity index (χ0n) is 11.4. The quantitative estimate of drug-likeness (QED) is 0.647. The van der Waals surface area contributed by atoms with E-state index >= 15 is 0 Å². The lowest BCUT2D eigenvalue weighted by Crippen LogP contribution is -2.27. The fraction of sp³-hybridized carbons (Fsp3) is 0.692. The van der Waals surface area contributed by atoms with E-state index in [2.05, 4.69) is 26.1 Å². The number of rotatable bonds is 5. The van der Waals surface area contributed by atoms with Gasteiger partial charge in [-0.15, -0.1) is 0 Å². The molecule has 0 unspecified atom stereocenters. The second kappa shape index (κ2) is 5.17. The van der Waals surface area contributed by atoms with Gasteiger partial charge in [0.1, 0.15) is 10.2 Å². The predicted molar refractivity (Wildman–Crippen MR) is 77.4 cm³/mol. The summed E-state index contributed by atoms with van der Waals surface area (Å²) in [6, 6.07) is 0. The normalized spacial score (nSPS) is 11.8. The smallest absolute Gasteiger partial charge is 0.224 e. The van der Waals surface area contributed by atoms with Crippen molar-refractivity contribution in [3.8, 4) is 0 Å². The van der Waals surface area contributed by atoms with Gasteiger partial charge >= 0.3 is 0 Å². The van der Waals surface area contributed by atoms with Crippen LogP contribution in [0.15, 0.2) is 4.79 Å². The zero-order valence-corrected chi connectivity index (χ0v) is 12.2. The van der Waals surface area contributed by atoms with Crippen molar-refractivity contribution in [2.24, 2.45) is 5.41 Å². The first-order chi connectivity index (χ1) is 7.74. The maximum Gasteiger partial charge on any atom is 0.224 e. The van der Waals surface area contributed by atoms with Gasteiger partial charge in [-0.05, 0) is 18.3 Å². The predicted octanol–water partition coefficient (Wildman–Crippen LogP) is 2.96. The van der Waals surface area contributed by atoms with Gasteiger partial charge in [-0.25, -0.2) is 0 Å². The van der Waals surface area contributed by atoms with Gasteiger partial charge in [0.2, 0.25) is 5.43 Å². The van der Waals surface area contributed by atoms with E-state index in [9.17, 15) is 4.79 Å². The number of hydrogen-bond acceptors (Lipinski definition) is 4. The molecule has 0 fully saturated rings. The summed E-state index contributed by atoms with van der Waals surface area (Å²) in [5.41, 5.74) is 1.91. The molecule has 0 spiro atoms. The van der Waals surface area contributed by atoms with Gasteiger partial charge in [-0.1, -0.05) is 33.0 Å². The lowest BCUT2D eigenvalue weighted by atomic mass is 9.90. The van der Waals surface area contributed by atoms with E-state index in [4.69, 9.17) is 12.2 Å². The second-order valence-corrected chi connectivity index (χ2v) is 6.28. The monoisotopic (exact) mass is 254 g/mol. The van der Waals surface area contributed by atoms with Crippen LogP contribution >= 0.6 is 12.2 Å². The van der Waals surface area contributed by atoms with Crippen LogP contribution in [-0.4, -0.2) is 20.6 Å². The Morgan fingerprint density at radius 3 is 2.35 bits per heavy atom. The van der Waals surface area contributed by atoms with Crippen molar-refractivity contribution < 1.29 is 0 Å². The maximum atomic E-state index is 11.5. The van der Waals surface area contributed by atoms with Crippen LogP contribution in [-0.2, 0) is 0 Å². The topological polar surface area (TPSA) is 32.3 Å². The molecule has 1 aromatic rings. The third-order valence-electron chi connectivity index (χ3n) is 2.74. The molecule has 1 N–H and O–H groups in total. The van der Waals surface area contributed by atoms with Crippen molar-refractivity contribution >= 4 is 23.6 Å². The summed E-state index contributed by atoms with van der Waals surface area (Å²) in [6.07, 6.45) is 2.25. The average Bonchev–Trinajstić information content (AvgIpc) is 2.19. The number of nitrogens with zero attached hydrogens (tertiary/aromatic N) is 1. The Morgan fingerprint density at radius 2 is 1.88 bits per heavy atom. The molecule has 4 heteroatoms. The van der Waals surface area contributed by atoms with E-state index in [0.717, 1.165) is 25.1 Å². The Morgan fingerprint density at radius 1 is 1.29 bits per heavy atom. The SMILES string of the molecule is CN(C)c1c(NCCCC(C)(C)C)c(=S)c1=O. The average molecular weight is 254 g/mol. The minimum absolute atomic E-state index is 0.0108. The van der Waals surface area contributed by atoms with Crippen LogP contribution in [0.1, 0.15) is 33.6 Å². The first kappa shape index (κ1) is 14.2. The van der Waals surface area contributed by atoms with Crippen molar-refractivity contribution in [1.82, 2.24) is 0 Å². The van der Waals surface area contributed by atoms with Crippen LogP contribution in [0.2, 0.25) is 0 Å². The molecule has 0 aromatic heterocycles. The molecular formula is C13H22N2OS. The van der Waals surface area contributed by atoms with Gasteiger partial charge in [0, 0.05) is 20.6 Å². The molecule has 0 aliphatic rings. The molecule has 0 aliphatic carbocycles. The van der Waals surface area contributed by atoms with E-state index < -0.39 is 0 Å². The van der Waals surface area contributed by atoms with Crippen molar-refractivity contribution in [3.05, 3.63) is 14.7 Å². The highest BCUT2D eigenvalue weighted by Gasteiger charge is 2.19. The number of hydrogen-bond donors (Lipinski definition) is 1. The van der Waals surface area contributed by atoms with Crippen LogP contribution in [0, 0.1) is 9.93 Å². The van der Waals surface area contributed by atoms with Crippen molar-refractivity contribution in [1.29, 1.82) is 0 Å². The molecule has 1 rings (SSSR count). The van der Waals surface area contributed by atoms with E-state index in [1.807, 2.05) is 19.0 Å². The Kier molecular flexibility index (Phi) is 4.31. The lowest BCUT2D eigenvalue weighted by Gasteiger charge is -2.22. The highest BCUT2D eigenvalue weighted by atomic mass is 32.1. The molecule has 3 nitrogen and oxygen atoms in total. The van der Waals surface area contributed by atoms with Crippen LogP contribution in [0.25, 0.3) is 0 Å². The first-order valence-corrected chi connectivity index (χ1v) is 6.39. The lowest BCUT2D eigenvalue weighted by molar-refractivity contribution is 0.370. The summed E-state index contributed by atoms with van der Waals surface area (Å²) in [4.78, 5) is 13.3. The van der Waals surface area contributed by atoms with Gasteiger partial charge in [-0.3, -0.25) is 4.79 Å². The van der Waals surface area contributed by atoms with Crippen molar-refractivity contribution in [2.75, 3.05) is 30.9 Å². The summed E-state index contributed by atoms with van der Waals surface area (Å²) in [7, 11) is 3.73. The fourth-order valence-electron chi connectivity index (χ4n) is 1.80. The van der Waals surface area contributed by atoms with Crippen LogP contribution < -0.4 is 15.6 Å². The van der Waals surface area contributed by atoms with Gasteiger partial charge < -0.3 is 10.2 Å². The molecule has 0 bridgehead atoms. The van der Waals surface area contributed by atoms with Crippen molar-refractivity contribution in [3.63, 3.8) is 0 Å². The van der Waals surface area contributed by atoms with Gasteiger partial charge in [-0.2, -0.15) is 0 Å². The Balaban J connectivity index is 2.51. The van der Waals surface area contributed by atoms with Gasteiger partial charge in [0.05, 0.1) is 5.69 Å². The molecule has 0 saturated carbocycles. The summed E-state index contributed by atoms with van der Waals surface area (Å²) < 4.78 is 0.449. The van der Waals surface area contributed by atoms with E-state index in [1.165, 1.54) is 0 Å². The Bertz CT molecular complexity index is 450. The van der Waals surface area contributed by atoms with Crippen LogP contribution in [0.4, 0.5) is 11.4 Å². The molecule has 0 aliphatic heterocycles. The summed E-state index contributed by atoms with van der Waals surface area (Å²) in [5, 5.41) is 3.28. The molecule has 0 saturated heterocycles. The zero-order chi connectivity index (χ0) is 13.2. The van der Waals surface area contributed by atoms with Gasteiger partial charge in [0.15, 0.2) is 0 Å². The summed E-state index contributed by atoms with van der Waals surface area (Å²) in [5.74, 6) is 0. The standard InChI is InChI=1S/C13H22N2OS/c1-13(2,3)7-6-8-14-9-10(15(4)5)11(16)12(9)17/h14H,6-8H2,1-5H3. The highest BCUT2D eigenvalue weighted by Crippen LogP contribution is 2.26. The summed E-state index contributed by atoms with van der Waals surface area (Å²) >= 11 is 5.05. The Hall–Kier alpha value is -0.900. The molecule has 0 atom stereocenters. The minimum atomic E-state index is -0.0108. The van der Waals surface area contributed by atoms with E-state index in [1.54, 1.807) is 0 Å². The molecule has 96 valence electrons. The maximum absolute atomic E-state index is 11.5. The van der Waals surface area contributed by atoms with E-state index in [0.29, 0.717) is 15.6 Å². The minimum Gasteiger partial charge on any atom is -0.382 e. The third kappa shape index (κ3) is 3.53. The molecule has 1 aromatic carbocycles. The highest BCUT2D eigenvalue weighted by molar-refractivity contribution is 7.71. The third-order valence-corrected chi connectivity index (χ3v) is 3.13. The fourth-order valence-corrected chi connectivity index (χ4v) is 2.07. The number of anilines is 2. The van der Waals surface area contributed by atoms with Crippen molar-refractivity contribution in [2.45, 2.75) is 33.6 Å². The first-order valence-electron chi connectivity index (χ1n) is 5.98. The number of nitrogens with one attached hydrogen (secondary N) is 1. The van der Waals surface area contributed by atoms with E-state index in [-0.39, 0.29) is 5.43 Å². The molecule has 0 radical (unpaired) electrons. The van der Waals surface area contributed by atoms with Crippen LogP contribution in [0.5, 0.6) is 0 Å². The largest absolute Gasteiger partial charge is 0.382 e. The Labute approximate surface area is 109 Å². The molecular weight excluding hydrogens is 232 g/mol. The van der Waals surface area contributed by atoms with Gasteiger partial charge in [0.25, 0.3) is 0 Å². The van der Waals surface area contributed by atoms with Crippen LogP contribution in [0.3, 0.4) is 0 Å². The molecule has 17 heavy (non-hydrogen) atoms. The molecule has 0 heterocycles. The summed E-state index contributed by atoms with van der Waals surface area (Å²) in [6.45, 7) is 7.57.